The van der Waals surface area contributed by atoms with Crippen molar-refractivity contribution < 1.29 is 0 Å². The maximum absolute atomic E-state index is 3.80. The monoisotopic (exact) mass is 167 g/mol. The van der Waals surface area contributed by atoms with Crippen LogP contribution < -0.4 is 0 Å². The summed E-state index contributed by atoms with van der Waals surface area (Å²) in [5.74, 6) is 0. The summed E-state index contributed by atoms with van der Waals surface area (Å²) in [4.78, 5) is 2.27. The Kier molecular flexibility index (Phi) is 4.91. The van der Waals surface area contributed by atoms with Gasteiger partial charge in [-0.25, -0.2) is 0 Å². The van der Waals surface area contributed by atoms with Crippen LogP contribution >= 0.6 is 0 Å². The first-order valence-corrected chi connectivity index (χ1v) is 4.52. The molecule has 0 aliphatic heterocycles. The van der Waals surface area contributed by atoms with Crippen LogP contribution in [-0.4, -0.2) is 24.5 Å². The molecule has 0 spiro atoms. The summed E-state index contributed by atoms with van der Waals surface area (Å²) >= 11 is 0. The molecule has 0 aliphatic carbocycles. The molecule has 0 unspecified atom stereocenters. The van der Waals surface area contributed by atoms with Crippen molar-refractivity contribution >= 4 is 0 Å². The molecule has 0 saturated carbocycles. The molecule has 12 heavy (non-hydrogen) atoms. The second kappa shape index (κ2) is 5.15. The molecule has 1 nitrogen and oxygen atoms in total. The first kappa shape index (κ1) is 11.4. The van der Waals surface area contributed by atoms with Gasteiger partial charge in [-0.05, 0) is 33.4 Å². The molecular formula is C11H21N. The van der Waals surface area contributed by atoms with E-state index in [1.54, 1.807) is 0 Å². The van der Waals surface area contributed by atoms with Gasteiger partial charge in [0.25, 0.3) is 0 Å². The van der Waals surface area contributed by atoms with Crippen LogP contribution in [-0.2, 0) is 0 Å². The molecule has 0 amide bonds. The van der Waals surface area contributed by atoms with Crippen LogP contribution in [0.5, 0.6) is 0 Å². The van der Waals surface area contributed by atoms with Gasteiger partial charge in [0.2, 0.25) is 0 Å². The molecule has 70 valence electrons. The second-order valence-corrected chi connectivity index (χ2v) is 3.46. The normalized spacial score (nSPS) is 11.7. The van der Waals surface area contributed by atoms with Crippen molar-refractivity contribution in [1.82, 2.24) is 4.90 Å². The maximum atomic E-state index is 3.80. The molecule has 0 aromatic heterocycles. The Morgan fingerprint density at radius 1 is 1.17 bits per heavy atom. The minimum atomic E-state index is 0.240. The van der Waals surface area contributed by atoms with Crippen molar-refractivity contribution in [1.29, 1.82) is 0 Å². The molecule has 0 aromatic carbocycles. The van der Waals surface area contributed by atoms with Crippen LogP contribution in [0.1, 0.15) is 26.2 Å². The smallest absolute Gasteiger partial charge is 0.0269 e. The Labute approximate surface area is 76.8 Å². The lowest BCUT2D eigenvalue weighted by Crippen LogP contribution is -2.42. The van der Waals surface area contributed by atoms with Crippen molar-refractivity contribution in [3.63, 3.8) is 0 Å². The van der Waals surface area contributed by atoms with E-state index < -0.39 is 0 Å². The third kappa shape index (κ3) is 2.49. The van der Waals surface area contributed by atoms with Gasteiger partial charge >= 0.3 is 0 Å². The summed E-state index contributed by atoms with van der Waals surface area (Å²) in [7, 11) is 4.24. The zero-order valence-electron chi connectivity index (χ0n) is 8.64. The summed E-state index contributed by atoms with van der Waals surface area (Å²) < 4.78 is 0. The van der Waals surface area contributed by atoms with E-state index in [1.165, 1.54) is 0 Å². The van der Waals surface area contributed by atoms with E-state index >= 15 is 0 Å². The molecule has 0 aliphatic rings. The lowest BCUT2D eigenvalue weighted by Gasteiger charge is -2.38. The molecule has 1 heteroatoms. The highest BCUT2D eigenvalue weighted by Crippen LogP contribution is 2.26. The van der Waals surface area contributed by atoms with Crippen LogP contribution in [0.25, 0.3) is 0 Å². The molecular weight excluding hydrogens is 146 g/mol. The Bertz CT molecular complexity index is 137. The molecule has 0 saturated heterocycles. The number of hydrogen-bond acceptors (Lipinski definition) is 1. The van der Waals surface area contributed by atoms with Crippen LogP contribution in [0.2, 0.25) is 0 Å². The van der Waals surface area contributed by atoms with Crippen LogP contribution in [0, 0.1) is 0 Å². The van der Waals surface area contributed by atoms with Crippen LogP contribution in [0.4, 0.5) is 0 Å². The van der Waals surface area contributed by atoms with Gasteiger partial charge in [0, 0.05) is 5.54 Å². The fraction of sp³-hybridized carbons (Fsp3) is 0.636. The summed E-state index contributed by atoms with van der Waals surface area (Å²) in [6, 6.07) is 0. The van der Waals surface area contributed by atoms with Crippen molar-refractivity contribution in [2.75, 3.05) is 14.1 Å². The Morgan fingerprint density at radius 2 is 1.58 bits per heavy atom. The highest BCUT2D eigenvalue weighted by atomic mass is 15.1. The van der Waals surface area contributed by atoms with Gasteiger partial charge in [-0.2, -0.15) is 0 Å². The summed E-state index contributed by atoms with van der Waals surface area (Å²) in [5, 5.41) is 0. The lowest BCUT2D eigenvalue weighted by atomic mass is 9.87. The van der Waals surface area contributed by atoms with Crippen LogP contribution in [0.15, 0.2) is 25.3 Å². The number of hydrogen-bond donors (Lipinski definition) is 0. The van der Waals surface area contributed by atoms with E-state index in [2.05, 4.69) is 39.1 Å². The van der Waals surface area contributed by atoms with E-state index in [4.69, 9.17) is 0 Å². The van der Waals surface area contributed by atoms with Crippen molar-refractivity contribution in [2.24, 2.45) is 0 Å². The maximum Gasteiger partial charge on any atom is 0.0269 e. The van der Waals surface area contributed by atoms with E-state index in [1.807, 2.05) is 12.2 Å². The van der Waals surface area contributed by atoms with Gasteiger partial charge in [-0.1, -0.05) is 19.1 Å². The molecule has 0 aromatic rings. The Hall–Kier alpha value is -0.560. The quantitative estimate of drug-likeness (QED) is 0.550. The number of rotatable bonds is 6. The first-order valence-electron chi connectivity index (χ1n) is 4.52. The topological polar surface area (TPSA) is 3.24 Å². The third-order valence-electron chi connectivity index (χ3n) is 2.66. The SMILES string of the molecule is C=CCC(CC)(CC=C)N(C)C. The van der Waals surface area contributed by atoms with E-state index in [9.17, 15) is 0 Å². The molecule has 0 atom stereocenters. The predicted molar refractivity (Wildman–Crippen MR) is 56.3 cm³/mol. The van der Waals surface area contributed by atoms with Crippen molar-refractivity contribution in [2.45, 2.75) is 31.7 Å². The largest absolute Gasteiger partial charge is 0.303 e. The second-order valence-electron chi connectivity index (χ2n) is 3.46. The van der Waals surface area contributed by atoms with Crippen molar-refractivity contribution in [3.8, 4) is 0 Å². The average molecular weight is 167 g/mol. The molecule has 0 heterocycles. The Balaban J connectivity index is 4.48. The molecule has 0 bridgehead atoms. The zero-order chi connectivity index (χ0) is 9.61. The van der Waals surface area contributed by atoms with Gasteiger partial charge in [0.1, 0.15) is 0 Å². The summed E-state index contributed by atoms with van der Waals surface area (Å²) in [5.41, 5.74) is 0.240. The third-order valence-corrected chi connectivity index (χ3v) is 2.66. The fourth-order valence-corrected chi connectivity index (χ4v) is 1.59. The van der Waals surface area contributed by atoms with Gasteiger partial charge < -0.3 is 4.90 Å². The highest BCUT2D eigenvalue weighted by molar-refractivity contribution is 4.97. The predicted octanol–water partition coefficient (Wildman–Crippen LogP) is 2.85. The van der Waals surface area contributed by atoms with Gasteiger partial charge in [0.05, 0.1) is 0 Å². The van der Waals surface area contributed by atoms with E-state index in [0.717, 1.165) is 19.3 Å². The molecule has 0 radical (unpaired) electrons. The van der Waals surface area contributed by atoms with Crippen LogP contribution in [0.3, 0.4) is 0 Å². The number of nitrogens with zero attached hydrogens (tertiary/aromatic N) is 1. The average Bonchev–Trinajstić information content (AvgIpc) is 2.03. The van der Waals surface area contributed by atoms with E-state index in [0.29, 0.717) is 0 Å². The fourth-order valence-electron chi connectivity index (χ4n) is 1.59. The van der Waals surface area contributed by atoms with E-state index in [-0.39, 0.29) is 5.54 Å². The summed E-state index contributed by atoms with van der Waals surface area (Å²) in [6.07, 6.45) is 7.18. The van der Waals surface area contributed by atoms with Gasteiger partial charge in [0.15, 0.2) is 0 Å². The van der Waals surface area contributed by atoms with Gasteiger partial charge in [-0.3, -0.25) is 0 Å². The zero-order valence-corrected chi connectivity index (χ0v) is 8.64. The highest BCUT2D eigenvalue weighted by Gasteiger charge is 2.27. The van der Waals surface area contributed by atoms with Gasteiger partial charge in [-0.15, -0.1) is 13.2 Å². The molecule has 0 N–H and O–H groups in total. The summed E-state index contributed by atoms with van der Waals surface area (Å²) in [6.45, 7) is 9.81. The standard InChI is InChI=1S/C11H21N/c1-6-9-11(8-3,10-7-2)12(4)5/h6-7H,1-2,8-10H2,3-5H3. The first-order chi connectivity index (χ1) is 5.63. The minimum absolute atomic E-state index is 0.240. The Morgan fingerprint density at radius 3 is 1.75 bits per heavy atom. The molecule has 0 rings (SSSR count). The molecule has 0 fully saturated rings. The van der Waals surface area contributed by atoms with Crippen molar-refractivity contribution in [3.05, 3.63) is 25.3 Å². The lowest BCUT2D eigenvalue weighted by molar-refractivity contribution is 0.150. The minimum Gasteiger partial charge on any atom is -0.303 e.